The van der Waals surface area contributed by atoms with Gasteiger partial charge >= 0.3 is 0 Å². The van der Waals surface area contributed by atoms with Crippen molar-refractivity contribution in [2.24, 2.45) is 5.73 Å². The second-order valence-electron chi connectivity index (χ2n) is 5.12. The molecule has 23 heavy (non-hydrogen) atoms. The summed E-state index contributed by atoms with van der Waals surface area (Å²) in [5.74, 6) is 0.578. The monoisotopic (exact) mass is 330 g/mol. The van der Waals surface area contributed by atoms with Gasteiger partial charge in [-0.3, -0.25) is 4.79 Å². The predicted molar refractivity (Wildman–Crippen MR) is 90.1 cm³/mol. The fourth-order valence-electron chi connectivity index (χ4n) is 2.35. The van der Waals surface area contributed by atoms with Crippen molar-refractivity contribution in [3.8, 4) is 0 Å². The zero-order valence-electron chi connectivity index (χ0n) is 12.5. The smallest absolute Gasteiger partial charge is 0.237 e. The van der Waals surface area contributed by atoms with E-state index in [9.17, 15) is 4.79 Å². The number of nitrogens with one attached hydrogen (secondary N) is 3. The van der Waals surface area contributed by atoms with Crippen LogP contribution in [0.15, 0.2) is 41.7 Å². The summed E-state index contributed by atoms with van der Waals surface area (Å²) in [6.07, 6.45) is 4.07. The lowest BCUT2D eigenvalue weighted by molar-refractivity contribution is -0.122. The van der Waals surface area contributed by atoms with E-state index in [1.54, 1.807) is 6.20 Å². The quantitative estimate of drug-likeness (QED) is 0.382. The Balaban J connectivity index is 1.47. The lowest BCUT2D eigenvalue weighted by Gasteiger charge is -2.11. The van der Waals surface area contributed by atoms with E-state index in [1.165, 1.54) is 11.8 Å². The van der Waals surface area contributed by atoms with Crippen molar-refractivity contribution in [3.63, 3.8) is 0 Å². The summed E-state index contributed by atoms with van der Waals surface area (Å²) < 4.78 is 0. The predicted octanol–water partition coefficient (Wildman–Crippen LogP) is 1.06. The molecule has 1 aromatic carbocycles. The number of hydrogen-bond donors (Lipinski definition) is 4. The van der Waals surface area contributed by atoms with Crippen LogP contribution in [0.4, 0.5) is 0 Å². The van der Waals surface area contributed by atoms with Gasteiger partial charge in [-0.2, -0.15) is 10.3 Å². The fourth-order valence-corrected chi connectivity index (χ4v) is 3.00. The number of amides is 1. The van der Waals surface area contributed by atoms with Crippen LogP contribution in [0, 0.1) is 0 Å². The van der Waals surface area contributed by atoms with Gasteiger partial charge in [0.05, 0.1) is 12.2 Å². The van der Waals surface area contributed by atoms with Crippen LogP contribution in [-0.2, 0) is 11.2 Å². The van der Waals surface area contributed by atoms with E-state index in [0.29, 0.717) is 13.0 Å². The third-order valence-corrected chi connectivity index (χ3v) is 4.40. The van der Waals surface area contributed by atoms with E-state index in [2.05, 4.69) is 25.7 Å². The largest absolute Gasteiger partial charge is 0.361 e. The van der Waals surface area contributed by atoms with Crippen molar-refractivity contribution < 1.29 is 4.79 Å². The van der Waals surface area contributed by atoms with Crippen molar-refractivity contribution in [2.75, 3.05) is 12.3 Å². The average molecular weight is 330 g/mol. The summed E-state index contributed by atoms with van der Waals surface area (Å²) >= 11 is 1.52. The van der Waals surface area contributed by atoms with Gasteiger partial charge in [0.1, 0.15) is 5.03 Å². The number of fused-ring (bicyclic) bond motifs is 1. The molecule has 0 saturated heterocycles. The molecule has 3 aromatic rings. The van der Waals surface area contributed by atoms with E-state index in [1.807, 2.05) is 30.5 Å². The molecule has 1 amide bonds. The summed E-state index contributed by atoms with van der Waals surface area (Å²) in [6.45, 7) is 0.540. The molecule has 1 atom stereocenters. The van der Waals surface area contributed by atoms with Crippen LogP contribution in [0.3, 0.4) is 0 Å². The van der Waals surface area contributed by atoms with E-state index in [-0.39, 0.29) is 5.91 Å². The maximum Gasteiger partial charge on any atom is 0.237 e. The maximum atomic E-state index is 12.1. The van der Waals surface area contributed by atoms with Crippen LogP contribution >= 0.6 is 11.8 Å². The summed E-state index contributed by atoms with van der Waals surface area (Å²) in [4.78, 5) is 15.3. The lowest BCUT2D eigenvalue weighted by atomic mass is 10.1. The molecule has 0 aliphatic rings. The average Bonchev–Trinajstić information content (AvgIpc) is 3.21. The Labute approximate surface area is 137 Å². The Kier molecular flexibility index (Phi) is 4.94. The molecule has 0 fully saturated rings. The number of aromatic nitrogens is 4. The highest BCUT2D eigenvalue weighted by molar-refractivity contribution is 7.99. The van der Waals surface area contributed by atoms with E-state index in [0.717, 1.165) is 27.2 Å². The van der Waals surface area contributed by atoms with Crippen LogP contribution in [0.2, 0.25) is 0 Å². The summed E-state index contributed by atoms with van der Waals surface area (Å²) in [5, 5.41) is 15.0. The molecule has 0 radical (unpaired) electrons. The van der Waals surface area contributed by atoms with Crippen molar-refractivity contribution in [1.82, 2.24) is 25.7 Å². The number of thioether (sulfide) groups is 1. The highest BCUT2D eigenvalue weighted by Crippen LogP contribution is 2.18. The molecule has 8 heteroatoms. The van der Waals surface area contributed by atoms with E-state index < -0.39 is 6.04 Å². The number of nitrogens with zero attached hydrogens (tertiary/aromatic N) is 2. The number of hydrogen-bond acceptors (Lipinski definition) is 5. The topological polar surface area (TPSA) is 112 Å². The first-order valence-electron chi connectivity index (χ1n) is 7.31. The zero-order chi connectivity index (χ0) is 16.1. The Morgan fingerprint density at radius 1 is 1.39 bits per heavy atom. The van der Waals surface area contributed by atoms with Crippen molar-refractivity contribution in [1.29, 1.82) is 0 Å². The summed E-state index contributed by atoms with van der Waals surface area (Å²) in [6, 6.07) is 7.42. The number of para-hydroxylation sites is 1. The van der Waals surface area contributed by atoms with Gasteiger partial charge in [0.2, 0.25) is 5.91 Å². The van der Waals surface area contributed by atoms with Crippen LogP contribution < -0.4 is 11.1 Å². The van der Waals surface area contributed by atoms with E-state index in [4.69, 9.17) is 5.73 Å². The lowest BCUT2D eigenvalue weighted by Crippen LogP contribution is -2.42. The summed E-state index contributed by atoms with van der Waals surface area (Å²) in [5.41, 5.74) is 8.13. The molecule has 0 unspecified atom stereocenters. The van der Waals surface area contributed by atoms with Crippen molar-refractivity contribution >= 4 is 28.6 Å². The molecule has 0 aliphatic heterocycles. The van der Waals surface area contributed by atoms with Gasteiger partial charge in [-0.1, -0.05) is 18.2 Å². The molecule has 5 N–H and O–H groups in total. The van der Waals surface area contributed by atoms with Crippen LogP contribution in [0.5, 0.6) is 0 Å². The molecule has 0 saturated carbocycles. The Hall–Kier alpha value is -2.32. The minimum atomic E-state index is -0.564. The number of aromatic amines is 2. The maximum absolute atomic E-state index is 12.1. The van der Waals surface area contributed by atoms with Gasteiger partial charge in [-0.05, 0) is 18.1 Å². The zero-order valence-corrected chi connectivity index (χ0v) is 13.3. The van der Waals surface area contributed by atoms with Crippen LogP contribution in [0.1, 0.15) is 5.56 Å². The molecule has 2 aromatic heterocycles. The standard InChI is InChI=1S/C15H18N6OS/c16-12(7-10-8-18-13-4-2-1-3-11(10)13)15(22)17-5-6-23-14-9-19-21-20-14/h1-4,8-9,12,18H,5-7,16H2,(H,17,22)(H,19,20,21)/t12-/m0/s1. The molecule has 120 valence electrons. The van der Waals surface area contributed by atoms with Crippen LogP contribution in [0.25, 0.3) is 10.9 Å². The number of carbonyl (C=O) groups is 1. The second-order valence-corrected chi connectivity index (χ2v) is 6.23. The Bertz CT molecular complexity index is 769. The third kappa shape index (κ3) is 3.91. The van der Waals surface area contributed by atoms with Gasteiger partial charge in [0, 0.05) is 29.4 Å². The number of carbonyl (C=O) groups excluding carboxylic acids is 1. The molecule has 0 spiro atoms. The Morgan fingerprint density at radius 2 is 2.26 bits per heavy atom. The van der Waals surface area contributed by atoms with Crippen molar-refractivity contribution in [3.05, 3.63) is 42.2 Å². The van der Waals surface area contributed by atoms with Gasteiger partial charge in [-0.25, -0.2) is 0 Å². The molecule has 7 nitrogen and oxygen atoms in total. The van der Waals surface area contributed by atoms with Gasteiger partial charge in [0.25, 0.3) is 0 Å². The molecule has 3 rings (SSSR count). The fraction of sp³-hybridized carbons (Fsp3) is 0.267. The highest BCUT2D eigenvalue weighted by Gasteiger charge is 2.15. The second kappa shape index (κ2) is 7.30. The molecule has 0 bridgehead atoms. The first-order chi connectivity index (χ1) is 11.2. The SMILES string of the molecule is N[C@@H](Cc1c[nH]c2ccccc12)C(=O)NCCSc1cn[nH]n1. The molecular formula is C15H18N6OS. The highest BCUT2D eigenvalue weighted by atomic mass is 32.2. The van der Waals surface area contributed by atoms with Crippen molar-refractivity contribution in [2.45, 2.75) is 17.5 Å². The number of rotatable bonds is 7. The number of nitrogens with two attached hydrogens (primary N) is 1. The first-order valence-corrected chi connectivity index (χ1v) is 8.29. The van der Waals surface area contributed by atoms with Crippen LogP contribution in [-0.4, -0.2) is 44.6 Å². The minimum absolute atomic E-state index is 0.143. The van der Waals surface area contributed by atoms with Gasteiger partial charge < -0.3 is 16.0 Å². The van der Waals surface area contributed by atoms with Gasteiger partial charge in [0.15, 0.2) is 0 Å². The first kappa shape index (κ1) is 15.6. The molecule has 2 heterocycles. The number of benzene rings is 1. The Morgan fingerprint density at radius 3 is 3.09 bits per heavy atom. The summed E-state index contributed by atoms with van der Waals surface area (Å²) in [7, 11) is 0. The minimum Gasteiger partial charge on any atom is -0.361 e. The van der Waals surface area contributed by atoms with E-state index >= 15 is 0 Å². The molecule has 0 aliphatic carbocycles. The third-order valence-electron chi connectivity index (χ3n) is 3.50. The van der Waals surface area contributed by atoms with Gasteiger partial charge in [-0.15, -0.1) is 16.9 Å². The normalized spacial score (nSPS) is 12.4. The molecular weight excluding hydrogens is 312 g/mol. The number of H-pyrrole nitrogens is 2.